The Morgan fingerprint density at radius 1 is 0.750 bits per heavy atom. The van der Waals surface area contributed by atoms with Crippen molar-refractivity contribution in [2.75, 3.05) is 28.4 Å². The first-order valence-corrected chi connectivity index (χ1v) is 10.7. The van der Waals surface area contributed by atoms with Crippen molar-refractivity contribution in [1.29, 1.82) is 0 Å². The molecule has 0 fully saturated rings. The molecule has 7 heteroatoms. The second-order valence-corrected chi connectivity index (χ2v) is 9.11. The van der Waals surface area contributed by atoms with Gasteiger partial charge in [-0.15, -0.1) is 0 Å². The van der Waals surface area contributed by atoms with Crippen LogP contribution in [0.25, 0.3) is 0 Å². The zero-order valence-corrected chi connectivity index (χ0v) is 18.2. The summed E-state index contributed by atoms with van der Waals surface area (Å²) in [5, 5.41) is 3.51. The monoisotopic (exact) mass is 407 g/mol. The van der Waals surface area contributed by atoms with Crippen LogP contribution in [0.15, 0.2) is 48.5 Å². The van der Waals surface area contributed by atoms with E-state index in [4.69, 9.17) is 18.5 Å². The predicted molar refractivity (Wildman–Crippen MR) is 111 cm³/mol. The summed E-state index contributed by atoms with van der Waals surface area (Å²) in [6.45, 7) is 3.98. The van der Waals surface area contributed by atoms with Crippen LogP contribution >= 0.6 is 7.60 Å². The van der Waals surface area contributed by atoms with E-state index in [-0.39, 0.29) is 12.0 Å². The minimum absolute atomic E-state index is 0.0183. The summed E-state index contributed by atoms with van der Waals surface area (Å²) < 4.78 is 34.3. The molecule has 2 rings (SSSR count). The molecule has 28 heavy (non-hydrogen) atoms. The van der Waals surface area contributed by atoms with Gasteiger partial charge in [0.2, 0.25) is 0 Å². The zero-order valence-electron chi connectivity index (χ0n) is 17.3. The molecule has 0 saturated heterocycles. The van der Waals surface area contributed by atoms with Crippen LogP contribution in [0.1, 0.15) is 31.0 Å². The summed E-state index contributed by atoms with van der Waals surface area (Å²) in [5.41, 5.74) is 2.02. The van der Waals surface area contributed by atoms with E-state index in [2.05, 4.69) is 5.32 Å². The van der Waals surface area contributed by atoms with Gasteiger partial charge in [-0.25, -0.2) is 0 Å². The van der Waals surface area contributed by atoms with Crippen LogP contribution in [0.2, 0.25) is 0 Å². The number of hydrogen-bond donors (Lipinski definition) is 1. The third-order valence-corrected chi connectivity index (χ3v) is 7.16. The third kappa shape index (κ3) is 5.15. The summed E-state index contributed by atoms with van der Waals surface area (Å²) in [6, 6.07) is 15.4. The molecule has 0 heterocycles. The highest BCUT2D eigenvalue weighted by atomic mass is 31.2. The van der Waals surface area contributed by atoms with Crippen molar-refractivity contribution in [2.45, 2.75) is 25.7 Å². The first-order valence-electron chi connectivity index (χ1n) is 9.13. The maximum atomic E-state index is 13.1. The lowest BCUT2D eigenvalue weighted by molar-refractivity contribution is 0.244. The molecule has 0 spiro atoms. The average Bonchev–Trinajstić information content (AvgIpc) is 2.74. The molecular formula is C21H30NO5P. The number of hydrogen-bond acceptors (Lipinski definition) is 6. The summed E-state index contributed by atoms with van der Waals surface area (Å²) in [7, 11) is 2.77. The van der Waals surface area contributed by atoms with Crippen LogP contribution in [0.5, 0.6) is 11.5 Å². The first-order chi connectivity index (χ1) is 13.4. The van der Waals surface area contributed by atoms with Crippen molar-refractivity contribution in [1.82, 2.24) is 5.32 Å². The van der Waals surface area contributed by atoms with E-state index in [0.29, 0.717) is 0 Å². The van der Waals surface area contributed by atoms with Crippen LogP contribution in [-0.4, -0.2) is 34.2 Å². The van der Waals surface area contributed by atoms with E-state index in [9.17, 15) is 4.57 Å². The molecule has 1 N–H and O–H groups in total. The van der Waals surface area contributed by atoms with Crippen molar-refractivity contribution in [2.24, 2.45) is 5.92 Å². The Labute approximate surface area is 167 Å². The van der Waals surface area contributed by atoms with E-state index in [1.54, 1.807) is 14.2 Å². The Hall–Kier alpha value is -1.85. The van der Waals surface area contributed by atoms with Gasteiger partial charge in [-0.3, -0.25) is 9.88 Å². The standard InChI is InChI=1S/C21H30NO5P/c1-15(2)21(28(23,26-5)27-6)22-20(16-7-11-18(24-3)12-8-16)17-9-13-19(25-4)14-10-17/h7-15,20-22H,1-6H3/t21-/m0/s1. The van der Waals surface area contributed by atoms with Crippen LogP contribution in [-0.2, 0) is 13.6 Å². The fraction of sp³-hybridized carbons (Fsp3) is 0.429. The quantitative estimate of drug-likeness (QED) is 0.568. The predicted octanol–water partition coefficient (Wildman–Crippen LogP) is 4.85. The largest absolute Gasteiger partial charge is 0.497 e. The van der Waals surface area contributed by atoms with Crippen LogP contribution in [0.4, 0.5) is 0 Å². The average molecular weight is 407 g/mol. The second-order valence-electron chi connectivity index (χ2n) is 6.74. The number of nitrogens with one attached hydrogen (secondary N) is 1. The van der Waals surface area contributed by atoms with Crippen LogP contribution < -0.4 is 14.8 Å². The van der Waals surface area contributed by atoms with E-state index in [1.807, 2.05) is 62.4 Å². The molecule has 0 saturated carbocycles. The fourth-order valence-corrected chi connectivity index (χ4v) is 4.76. The van der Waals surface area contributed by atoms with Gasteiger partial charge in [-0.2, -0.15) is 0 Å². The van der Waals surface area contributed by atoms with Crippen molar-refractivity contribution in [3.8, 4) is 11.5 Å². The van der Waals surface area contributed by atoms with E-state index < -0.39 is 13.4 Å². The van der Waals surface area contributed by atoms with E-state index >= 15 is 0 Å². The van der Waals surface area contributed by atoms with Crippen molar-refractivity contribution < 1.29 is 23.1 Å². The summed E-state index contributed by atoms with van der Waals surface area (Å²) in [6.07, 6.45) is 0. The van der Waals surface area contributed by atoms with Crippen LogP contribution in [0.3, 0.4) is 0 Å². The molecule has 0 unspecified atom stereocenters. The fourth-order valence-electron chi connectivity index (χ4n) is 3.10. The van der Waals surface area contributed by atoms with E-state index in [1.165, 1.54) is 14.2 Å². The molecule has 2 aromatic carbocycles. The minimum Gasteiger partial charge on any atom is -0.497 e. The van der Waals surface area contributed by atoms with Gasteiger partial charge in [-0.1, -0.05) is 38.1 Å². The molecule has 0 aromatic heterocycles. The Morgan fingerprint density at radius 2 is 1.14 bits per heavy atom. The van der Waals surface area contributed by atoms with Crippen molar-refractivity contribution in [3.05, 3.63) is 59.7 Å². The maximum Gasteiger partial charge on any atom is 0.347 e. The third-order valence-electron chi connectivity index (χ3n) is 4.72. The zero-order chi connectivity index (χ0) is 20.7. The molecule has 2 aromatic rings. The summed E-state index contributed by atoms with van der Waals surface area (Å²) >= 11 is 0. The van der Waals surface area contributed by atoms with Gasteiger partial charge in [-0.05, 0) is 41.3 Å². The topological polar surface area (TPSA) is 66.0 Å². The van der Waals surface area contributed by atoms with Crippen LogP contribution in [0, 0.1) is 5.92 Å². The Bertz CT molecular complexity index is 721. The molecule has 154 valence electrons. The minimum atomic E-state index is -3.33. The Balaban J connectivity index is 2.47. The molecule has 0 aliphatic rings. The van der Waals surface area contributed by atoms with Gasteiger partial charge in [0.15, 0.2) is 0 Å². The highest BCUT2D eigenvalue weighted by Gasteiger charge is 2.38. The molecule has 0 aliphatic carbocycles. The number of methoxy groups -OCH3 is 2. The van der Waals surface area contributed by atoms with Crippen molar-refractivity contribution >= 4 is 7.60 Å². The van der Waals surface area contributed by atoms with Gasteiger partial charge >= 0.3 is 7.60 Å². The molecule has 0 aliphatic heterocycles. The van der Waals surface area contributed by atoms with Gasteiger partial charge in [0.05, 0.1) is 20.3 Å². The molecule has 6 nitrogen and oxygen atoms in total. The molecule has 0 radical (unpaired) electrons. The highest BCUT2D eigenvalue weighted by molar-refractivity contribution is 7.54. The molecule has 0 bridgehead atoms. The summed E-state index contributed by atoms with van der Waals surface area (Å²) in [4.78, 5) is 0. The maximum absolute atomic E-state index is 13.1. The number of benzene rings is 2. The Morgan fingerprint density at radius 3 is 1.43 bits per heavy atom. The number of ether oxygens (including phenoxy) is 2. The lowest BCUT2D eigenvalue weighted by Crippen LogP contribution is -2.38. The SMILES string of the molecule is COc1ccc(C(N[C@H](C(C)C)P(=O)(OC)OC)c2ccc(OC)cc2)cc1. The lowest BCUT2D eigenvalue weighted by Gasteiger charge is -2.32. The molecule has 1 atom stereocenters. The lowest BCUT2D eigenvalue weighted by atomic mass is 9.97. The normalized spacial score (nSPS) is 13.0. The van der Waals surface area contributed by atoms with Gasteiger partial charge in [0.1, 0.15) is 17.3 Å². The van der Waals surface area contributed by atoms with Gasteiger partial charge in [0.25, 0.3) is 0 Å². The Kier molecular flexibility index (Phi) is 8.08. The summed E-state index contributed by atoms with van der Waals surface area (Å²) in [5.74, 6) is 1.08. The van der Waals surface area contributed by atoms with E-state index in [0.717, 1.165) is 22.6 Å². The van der Waals surface area contributed by atoms with Crippen molar-refractivity contribution in [3.63, 3.8) is 0 Å². The smallest absolute Gasteiger partial charge is 0.347 e. The van der Waals surface area contributed by atoms with Gasteiger partial charge in [0, 0.05) is 14.2 Å². The highest BCUT2D eigenvalue weighted by Crippen LogP contribution is 2.53. The second kappa shape index (κ2) is 10.1. The van der Waals surface area contributed by atoms with Gasteiger partial charge < -0.3 is 18.5 Å². The molecule has 0 amide bonds. The number of rotatable bonds is 10. The molecular weight excluding hydrogens is 377 g/mol. The first kappa shape index (κ1) is 22.4.